The molecule has 0 aliphatic heterocycles. The molecule has 0 spiro atoms. The zero-order chi connectivity index (χ0) is 13.3. The van der Waals surface area contributed by atoms with Gasteiger partial charge in [-0.25, -0.2) is 0 Å². The van der Waals surface area contributed by atoms with Crippen LogP contribution in [0.2, 0.25) is 0 Å². The van der Waals surface area contributed by atoms with Gasteiger partial charge in [-0.2, -0.15) is 0 Å². The average Bonchev–Trinajstić information content (AvgIpc) is 2.31. The topological polar surface area (TPSA) is 63.2 Å². The van der Waals surface area contributed by atoms with E-state index < -0.39 is 5.97 Å². The van der Waals surface area contributed by atoms with Crippen LogP contribution >= 0.6 is 0 Å². The lowest BCUT2D eigenvalue weighted by Crippen LogP contribution is -2.37. The van der Waals surface area contributed by atoms with Crippen LogP contribution in [0.5, 0.6) is 0 Å². The van der Waals surface area contributed by atoms with Crippen molar-refractivity contribution < 1.29 is 28.2 Å². The van der Waals surface area contributed by atoms with E-state index in [0.717, 1.165) is 0 Å². The summed E-state index contributed by atoms with van der Waals surface area (Å²) in [5.41, 5.74) is 0. The van der Waals surface area contributed by atoms with E-state index in [0.29, 0.717) is 29.9 Å². The highest BCUT2D eigenvalue weighted by molar-refractivity contribution is 5.97. The maximum Gasteiger partial charge on any atom is 0.302 e. The van der Waals surface area contributed by atoms with Crippen molar-refractivity contribution in [2.45, 2.75) is 31.8 Å². The largest absolute Gasteiger partial charge is 0.460 e. The zero-order valence-corrected chi connectivity index (χ0v) is 13.1. The van der Waals surface area contributed by atoms with E-state index in [2.05, 4.69) is 0 Å². The fourth-order valence-electron chi connectivity index (χ4n) is 1.49. The number of methoxy groups -OCH3 is 3. The molecular weight excluding hydrogens is 244 g/mol. The summed E-state index contributed by atoms with van der Waals surface area (Å²) in [4.78, 5) is 10.9. The summed E-state index contributed by atoms with van der Waals surface area (Å²) in [6.07, 6.45) is 0.682. The molecule has 0 amide bonds. The van der Waals surface area contributed by atoms with Crippen LogP contribution < -0.4 is 0 Å². The van der Waals surface area contributed by atoms with Gasteiger partial charge in [0.25, 0.3) is 5.97 Å². The molecule has 6 nitrogen and oxygen atoms in total. The highest BCUT2D eigenvalue weighted by atomic mass is 28.2. The summed E-state index contributed by atoms with van der Waals surface area (Å²) >= 11 is 0. The van der Waals surface area contributed by atoms with Crippen LogP contribution in [-0.2, 0) is 28.2 Å². The van der Waals surface area contributed by atoms with Gasteiger partial charge in [-0.05, 0) is 6.42 Å². The summed E-state index contributed by atoms with van der Waals surface area (Å²) in [5.74, 6) is -1.42. The molecule has 1 unspecified atom stereocenters. The highest BCUT2D eigenvalue weighted by Crippen LogP contribution is 2.21. The Morgan fingerprint density at radius 3 is 2.12 bits per heavy atom. The summed E-state index contributed by atoms with van der Waals surface area (Å²) in [6, 6.07) is 0. The minimum Gasteiger partial charge on any atom is -0.460 e. The Morgan fingerprint density at radius 2 is 1.76 bits per heavy atom. The van der Waals surface area contributed by atoms with Gasteiger partial charge in [-0.15, -0.1) is 0 Å². The summed E-state index contributed by atoms with van der Waals surface area (Å²) in [7, 11) is 5.09. The zero-order valence-electron chi connectivity index (χ0n) is 11.1. The minimum atomic E-state index is -1.09. The van der Waals surface area contributed by atoms with Crippen molar-refractivity contribution in [2.75, 3.05) is 27.9 Å². The van der Waals surface area contributed by atoms with Crippen molar-refractivity contribution in [2.24, 2.45) is 0 Å². The SMILES string of the molecule is COC(CCC(CO[SiH3])OC(C)=O)(OC)OC. The van der Waals surface area contributed by atoms with Crippen molar-refractivity contribution in [3.63, 3.8) is 0 Å². The molecule has 0 aromatic heterocycles. The fourth-order valence-corrected chi connectivity index (χ4v) is 1.86. The van der Waals surface area contributed by atoms with E-state index >= 15 is 0 Å². The maximum atomic E-state index is 10.9. The molecule has 0 radical (unpaired) electrons. The Kier molecular flexibility index (Phi) is 8.35. The Morgan fingerprint density at radius 1 is 1.24 bits per heavy atom. The molecular formula is C10H22O6Si. The van der Waals surface area contributed by atoms with E-state index in [9.17, 15) is 4.79 Å². The molecule has 0 bridgehead atoms. The number of carbonyl (C=O) groups excluding carboxylic acids is 1. The van der Waals surface area contributed by atoms with Crippen LogP contribution in [0.25, 0.3) is 0 Å². The van der Waals surface area contributed by atoms with Crippen LogP contribution in [0.3, 0.4) is 0 Å². The maximum absolute atomic E-state index is 10.9. The normalized spacial score (nSPS) is 13.6. The van der Waals surface area contributed by atoms with Gasteiger partial charge < -0.3 is 23.4 Å². The number of rotatable bonds is 9. The van der Waals surface area contributed by atoms with E-state index in [1.165, 1.54) is 28.3 Å². The van der Waals surface area contributed by atoms with Gasteiger partial charge in [-0.3, -0.25) is 4.79 Å². The van der Waals surface area contributed by atoms with Gasteiger partial charge in [0.05, 0.1) is 6.61 Å². The number of carbonyl (C=O) groups is 1. The van der Waals surface area contributed by atoms with Crippen molar-refractivity contribution in [1.82, 2.24) is 0 Å². The summed E-state index contributed by atoms with van der Waals surface area (Å²) < 4.78 is 25.7. The monoisotopic (exact) mass is 266 g/mol. The van der Waals surface area contributed by atoms with Crippen LogP contribution in [0.4, 0.5) is 0 Å². The minimum absolute atomic E-state index is 0.301. The first kappa shape index (κ1) is 16.5. The molecule has 0 aromatic rings. The quantitative estimate of drug-likeness (QED) is 0.321. The first-order valence-electron chi connectivity index (χ1n) is 5.35. The van der Waals surface area contributed by atoms with E-state index in [4.69, 9.17) is 23.4 Å². The predicted octanol–water partition coefficient (Wildman–Crippen LogP) is -0.412. The third kappa shape index (κ3) is 6.13. The third-order valence-electron chi connectivity index (χ3n) is 2.39. The van der Waals surface area contributed by atoms with Gasteiger partial charge in [-0.1, -0.05) is 0 Å². The van der Waals surface area contributed by atoms with Crippen LogP contribution in [0, 0.1) is 0 Å². The molecule has 7 heteroatoms. The van der Waals surface area contributed by atoms with Gasteiger partial charge in [0, 0.05) is 34.7 Å². The molecule has 0 aliphatic rings. The molecule has 0 heterocycles. The van der Waals surface area contributed by atoms with Gasteiger partial charge in [0.2, 0.25) is 0 Å². The lowest BCUT2D eigenvalue weighted by molar-refractivity contribution is -0.356. The molecule has 0 aliphatic carbocycles. The Bertz CT molecular complexity index is 211. The van der Waals surface area contributed by atoms with Crippen molar-refractivity contribution in [3.8, 4) is 0 Å². The predicted molar refractivity (Wildman–Crippen MR) is 64.4 cm³/mol. The van der Waals surface area contributed by atoms with Gasteiger partial charge in [0.1, 0.15) is 16.6 Å². The lowest BCUT2D eigenvalue weighted by Gasteiger charge is -2.30. The molecule has 102 valence electrons. The molecule has 0 N–H and O–H groups in total. The Labute approximate surface area is 105 Å². The third-order valence-corrected chi connectivity index (χ3v) is 2.72. The molecule has 1 atom stereocenters. The Hall–Kier alpha value is -0.473. The van der Waals surface area contributed by atoms with Crippen LogP contribution in [0.15, 0.2) is 0 Å². The Balaban J connectivity index is 4.30. The number of hydrogen-bond acceptors (Lipinski definition) is 6. The first-order valence-corrected chi connectivity index (χ1v) is 6.16. The second kappa shape index (κ2) is 8.59. The van der Waals surface area contributed by atoms with Crippen molar-refractivity contribution in [3.05, 3.63) is 0 Å². The van der Waals surface area contributed by atoms with Crippen LogP contribution in [0.1, 0.15) is 19.8 Å². The molecule has 0 saturated carbocycles. The summed E-state index contributed by atoms with van der Waals surface area (Å²) in [5, 5.41) is 0. The van der Waals surface area contributed by atoms with Crippen molar-refractivity contribution >= 4 is 16.5 Å². The number of esters is 1. The molecule has 0 rings (SSSR count). The smallest absolute Gasteiger partial charge is 0.302 e. The van der Waals surface area contributed by atoms with Crippen molar-refractivity contribution in [1.29, 1.82) is 0 Å². The second-order valence-corrected chi connectivity index (χ2v) is 4.10. The number of ether oxygens (including phenoxy) is 4. The highest BCUT2D eigenvalue weighted by Gasteiger charge is 2.31. The van der Waals surface area contributed by atoms with E-state index in [1.54, 1.807) is 0 Å². The standard InChI is InChI=1S/C10H22O6Si/c1-8(11)16-9(7-15-17)5-6-10(12-2,13-3)14-4/h9H,5-7H2,1-4,17H3. The first-order chi connectivity index (χ1) is 8.03. The van der Waals surface area contributed by atoms with E-state index in [1.807, 2.05) is 0 Å². The molecule has 0 saturated heterocycles. The second-order valence-electron chi connectivity index (χ2n) is 3.52. The van der Waals surface area contributed by atoms with Gasteiger partial charge in [0.15, 0.2) is 0 Å². The van der Waals surface area contributed by atoms with Gasteiger partial charge >= 0.3 is 5.97 Å². The molecule has 0 fully saturated rings. The van der Waals surface area contributed by atoms with E-state index in [-0.39, 0.29) is 12.1 Å². The number of hydrogen-bond donors (Lipinski definition) is 0. The summed E-state index contributed by atoms with van der Waals surface area (Å²) in [6.45, 7) is 1.76. The molecule has 0 aromatic carbocycles. The average molecular weight is 266 g/mol. The van der Waals surface area contributed by atoms with Crippen LogP contribution in [-0.4, -0.2) is 56.5 Å². The molecule has 17 heavy (non-hydrogen) atoms. The fraction of sp³-hybridized carbons (Fsp3) is 0.900. The lowest BCUT2D eigenvalue weighted by atomic mass is 10.2.